The molecule has 0 aliphatic heterocycles. The summed E-state index contributed by atoms with van der Waals surface area (Å²) in [6, 6.07) is 5.78. The molecule has 1 N–H and O–H groups in total. The molecule has 1 aromatic rings. The van der Waals surface area contributed by atoms with Gasteiger partial charge in [0.1, 0.15) is 0 Å². The second kappa shape index (κ2) is 9.90. The highest BCUT2D eigenvalue weighted by molar-refractivity contribution is 7.85. The maximum absolute atomic E-state index is 10.6. The third kappa shape index (κ3) is 8.78. The van der Waals surface area contributed by atoms with E-state index in [-0.39, 0.29) is 10.9 Å². The van der Waals surface area contributed by atoms with E-state index in [1.54, 1.807) is 18.2 Å². The first-order valence-corrected chi connectivity index (χ1v) is 7.78. The van der Waals surface area contributed by atoms with Crippen molar-refractivity contribution < 1.29 is 22.5 Å². The molecule has 0 aromatic heterocycles. The zero-order chi connectivity index (χ0) is 16.3. The number of rotatable bonds is 6. The average Bonchev–Trinajstić information content (AvgIpc) is 2.47. The Kier molecular flexibility index (Phi) is 9.00. The summed E-state index contributed by atoms with van der Waals surface area (Å²) in [5.41, 5.74) is 0.808. The van der Waals surface area contributed by atoms with Crippen LogP contribution in [0.15, 0.2) is 48.4 Å². The van der Waals surface area contributed by atoms with Gasteiger partial charge >= 0.3 is 5.97 Å². The molecule has 0 unspecified atom stereocenters. The van der Waals surface area contributed by atoms with Gasteiger partial charge in [-0.05, 0) is 24.1 Å². The van der Waals surface area contributed by atoms with E-state index in [9.17, 15) is 13.2 Å². The van der Waals surface area contributed by atoms with Gasteiger partial charge in [0.2, 0.25) is 0 Å². The molecule has 0 saturated carbocycles. The number of hydrogen-bond acceptors (Lipinski definition) is 4. The molecule has 0 aliphatic rings. The number of unbranched alkanes of at least 4 members (excludes halogenated alkanes) is 1. The second-order valence-electron chi connectivity index (χ2n) is 3.97. The minimum atomic E-state index is -4.06. The maximum atomic E-state index is 10.6. The third-order valence-electron chi connectivity index (χ3n) is 2.32. The quantitative estimate of drug-likeness (QED) is 0.378. The Morgan fingerprint density at radius 1 is 1.29 bits per heavy atom. The van der Waals surface area contributed by atoms with Crippen molar-refractivity contribution in [3.63, 3.8) is 0 Å². The van der Waals surface area contributed by atoms with Crippen LogP contribution in [0.4, 0.5) is 0 Å². The van der Waals surface area contributed by atoms with Gasteiger partial charge in [-0.2, -0.15) is 8.42 Å². The molecular weight excluding hydrogens is 292 g/mol. The number of carbonyl (C=O) groups excluding carboxylic acids is 1. The van der Waals surface area contributed by atoms with E-state index in [2.05, 4.69) is 17.9 Å². The number of carbonyl (C=O) groups is 1. The lowest BCUT2D eigenvalue weighted by Crippen LogP contribution is -2.00. The van der Waals surface area contributed by atoms with Crippen molar-refractivity contribution in [2.75, 3.05) is 6.61 Å². The van der Waals surface area contributed by atoms with Crippen LogP contribution in [-0.2, 0) is 19.6 Å². The van der Waals surface area contributed by atoms with Crippen LogP contribution in [0.1, 0.15) is 25.3 Å². The van der Waals surface area contributed by atoms with Crippen molar-refractivity contribution in [3.05, 3.63) is 49.1 Å². The van der Waals surface area contributed by atoms with Crippen molar-refractivity contribution >= 4 is 22.2 Å². The first-order chi connectivity index (χ1) is 9.85. The largest absolute Gasteiger partial charge is 0.463 e. The first kappa shape index (κ1) is 19.1. The van der Waals surface area contributed by atoms with Crippen LogP contribution in [0.5, 0.6) is 0 Å². The van der Waals surface area contributed by atoms with Gasteiger partial charge < -0.3 is 4.74 Å². The van der Waals surface area contributed by atoms with Gasteiger partial charge in [0.05, 0.1) is 11.5 Å². The van der Waals surface area contributed by atoms with Gasteiger partial charge in [0.15, 0.2) is 0 Å². The van der Waals surface area contributed by atoms with E-state index in [1.807, 2.05) is 6.92 Å². The molecule has 0 fully saturated rings. The smallest absolute Gasteiger partial charge is 0.330 e. The van der Waals surface area contributed by atoms with Crippen molar-refractivity contribution in [2.24, 2.45) is 0 Å². The van der Waals surface area contributed by atoms with Crippen LogP contribution in [0.2, 0.25) is 0 Å². The van der Waals surface area contributed by atoms with Crippen LogP contribution in [0, 0.1) is 0 Å². The molecule has 6 heteroatoms. The topological polar surface area (TPSA) is 80.7 Å². The molecule has 1 rings (SSSR count). The fourth-order valence-corrected chi connectivity index (χ4v) is 1.63. The van der Waals surface area contributed by atoms with E-state index in [1.165, 1.54) is 18.2 Å². The molecule has 0 aliphatic carbocycles. The summed E-state index contributed by atoms with van der Waals surface area (Å²) in [5.74, 6) is -0.330. The summed E-state index contributed by atoms with van der Waals surface area (Å²) >= 11 is 0. The van der Waals surface area contributed by atoms with Crippen LogP contribution in [0.25, 0.3) is 6.08 Å². The molecule has 21 heavy (non-hydrogen) atoms. The summed E-state index contributed by atoms with van der Waals surface area (Å²) in [5, 5.41) is 0. The van der Waals surface area contributed by atoms with Crippen LogP contribution in [0.3, 0.4) is 0 Å². The minimum Gasteiger partial charge on any atom is -0.463 e. The fourth-order valence-electron chi connectivity index (χ4n) is 1.15. The highest BCUT2D eigenvalue weighted by atomic mass is 32.2. The van der Waals surface area contributed by atoms with Crippen molar-refractivity contribution in [1.82, 2.24) is 0 Å². The predicted octanol–water partition coefficient (Wildman–Crippen LogP) is 3.09. The predicted molar refractivity (Wildman–Crippen MR) is 82.4 cm³/mol. The minimum absolute atomic E-state index is 0.104. The maximum Gasteiger partial charge on any atom is 0.330 e. The molecule has 0 heterocycles. The van der Waals surface area contributed by atoms with E-state index in [0.717, 1.165) is 18.4 Å². The lowest BCUT2D eigenvalue weighted by molar-refractivity contribution is -0.137. The molecule has 0 amide bonds. The normalized spacial score (nSPS) is 10.0. The standard InChI is InChI=1S/C8H8O3S.C7H12O2/c1-2-7-3-5-8(6-4-7)12(9,10)11;1-3-5-6-9-7(8)4-2/h2-6H,1H2,(H,9,10,11);4H,2-3,5-6H2,1H3. The van der Waals surface area contributed by atoms with Gasteiger partial charge in [-0.3, -0.25) is 4.55 Å². The molecule has 0 spiro atoms. The van der Waals surface area contributed by atoms with E-state index < -0.39 is 10.1 Å². The van der Waals surface area contributed by atoms with E-state index in [4.69, 9.17) is 4.55 Å². The number of hydrogen-bond donors (Lipinski definition) is 1. The number of esters is 1. The van der Waals surface area contributed by atoms with Gasteiger partial charge in [0.25, 0.3) is 10.1 Å². The Hall–Kier alpha value is -1.92. The van der Waals surface area contributed by atoms with Crippen LogP contribution < -0.4 is 0 Å². The fraction of sp³-hybridized carbons (Fsp3) is 0.267. The van der Waals surface area contributed by atoms with E-state index in [0.29, 0.717) is 6.61 Å². The molecule has 0 bridgehead atoms. The van der Waals surface area contributed by atoms with Crippen LogP contribution >= 0.6 is 0 Å². The van der Waals surface area contributed by atoms with Gasteiger partial charge in [0, 0.05) is 6.08 Å². The Labute approximate surface area is 125 Å². The van der Waals surface area contributed by atoms with Crippen LogP contribution in [-0.4, -0.2) is 25.5 Å². The molecule has 1 aromatic carbocycles. The number of benzene rings is 1. The first-order valence-electron chi connectivity index (χ1n) is 6.34. The molecule has 116 valence electrons. The highest BCUT2D eigenvalue weighted by Crippen LogP contribution is 2.10. The highest BCUT2D eigenvalue weighted by Gasteiger charge is 2.07. The second-order valence-corrected chi connectivity index (χ2v) is 5.39. The zero-order valence-corrected chi connectivity index (χ0v) is 12.8. The van der Waals surface area contributed by atoms with Gasteiger partial charge in [-0.25, -0.2) is 4.79 Å². The zero-order valence-electron chi connectivity index (χ0n) is 12.0. The molecular formula is C15H20O5S. The third-order valence-corrected chi connectivity index (χ3v) is 3.19. The summed E-state index contributed by atoms with van der Waals surface area (Å²) in [6.45, 7) is 9.33. The molecule has 0 saturated heterocycles. The molecule has 0 radical (unpaired) electrons. The van der Waals surface area contributed by atoms with Crippen molar-refractivity contribution in [1.29, 1.82) is 0 Å². The van der Waals surface area contributed by atoms with Crippen molar-refractivity contribution in [2.45, 2.75) is 24.7 Å². The van der Waals surface area contributed by atoms with Gasteiger partial charge in [-0.1, -0.05) is 44.7 Å². The Morgan fingerprint density at radius 2 is 1.86 bits per heavy atom. The summed E-state index contributed by atoms with van der Waals surface area (Å²) in [6.07, 6.45) is 4.74. The average molecular weight is 312 g/mol. The SMILES string of the molecule is C=CC(=O)OCCCC.C=Cc1ccc(S(=O)(=O)O)cc1. The van der Waals surface area contributed by atoms with Crippen molar-refractivity contribution in [3.8, 4) is 0 Å². The Balaban J connectivity index is 0.000000400. The molecule has 0 atom stereocenters. The van der Waals surface area contributed by atoms with E-state index >= 15 is 0 Å². The summed E-state index contributed by atoms with van der Waals surface area (Å²) in [7, 11) is -4.06. The Morgan fingerprint density at radius 3 is 2.24 bits per heavy atom. The summed E-state index contributed by atoms with van der Waals surface area (Å²) < 4.78 is 34.4. The summed E-state index contributed by atoms with van der Waals surface area (Å²) in [4.78, 5) is 10.2. The lowest BCUT2D eigenvalue weighted by Gasteiger charge is -1.97. The Bertz CT molecular complexity index is 558. The lowest BCUT2D eigenvalue weighted by atomic mass is 10.2. The monoisotopic (exact) mass is 312 g/mol. The molecule has 5 nitrogen and oxygen atoms in total. The number of ether oxygens (including phenoxy) is 1. The van der Waals surface area contributed by atoms with Gasteiger partial charge in [-0.15, -0.1) is 0 Å².